The minimum atomic E-state index is -1.01. The van der Waals surface area contributed by atoms with Gasteiger partial charge in [0.2, 0.25) is 0 Å². The van der Waals surface area contributed by atoms with Crippen molar-refractivity contribution in [1.29, 1.82) is 0 Å². The van der Waals surface area contributed by atoms with Crippen molar-refractivity contribution in [2.75, 3.05) is 17.6 Å². The maximum Gasteiger partial charge on any atom is 0.337 e. The van der Waals surface area contributed by atoms with Crippen LogP contribution in [-0.2, 0) is 0 Å². The molecule has 0 saturated heterocycles. The first-order valence-corrected chi connectivity index (χ1v) is 4.93. The van der Waals surface area contributed by atoms with E-state index in [1.807, 2.05) is 13.0 Å². The molecule has 0 heterocycles. The number of carboxylic acids is 1. The lowest BCUT2D eigenvalue weighted by Crippen LogP contribution is -2.08. The highest BCUT2D eigenvalue weighted by atomic mass is 16.4. The van der Waals surface area contributed by atoms with Crippen molar-refractivity contribution in [1.82, 2.24) is 0 Å². The third-order valence-corrected chi connectivity index (χ3v) is 2.21. The molecule has 0 unspecified atom stereocenters. The van der Waals surface area contributed by atoms with Gasteiger partial charge in [0, 0.05) is 17.9 Å². The second kappa shape index (κ2) is 4.70. The van der Waals surface area contributed by atoms with Gasteiger partial charge >= 0.3 is 5.97 Å². The summed E-state index contributed by atoms with van der Waals surface area (Å²) < 4.78 is 0. The topological polar surface area (TPSA) is 75.3 Å². The summed E-state index contributed by atoms with van der Waals surface area (Å²) in [4.78, 5) is 10.9. The van der Waals surface area contributed by atoms with Crippen LogP contribution in [0.3, 0.4) is 0 Å². The first-order chi connectivity index (χ1) is 7.41. The minimum Gasteiger partial charge on any atom is -0.478 e. The Hall–Kier alpha value is -1.97. The number of aryl methyl sites for hydroxylation is 1. The Labute approximate surface area is 94.8 Å². The van der Waals surface area contributed by atoms with Crippen LogP contribution >= 0.6 is 0 Å². The number of benzene rings is 1. The summed E-state index contributed by atoms with van der Waals surface area (Å²) in [7, 11) is 0. The lowest BCUT2D eigenvalue weighted by atomic mass is 10.1. The predicted molar refractivity (Wildman–Crippen MR) is 65.9 cm³/mol. The Morgan fingerprint density at radius 1 is 1.56 bits per heavy atom. The fraction of sp³-hybridized carbons (Fsp3) is 0.250. The SMILES string of the molecule is C=C(C)CNc1cc(C)c(N)c(C(=O)O)c1. The molecule has 86 valence electrons. The quantitative estimate of drug-likeness (QED) is 0.537. The molecular formula is C12H16N2O2. The van der Waals surface area contributed by atoms with E-state index in [0.717, 1.165) is 16.8 Å². The highest BCUT2D eigenvalue weighted by Crippen LogP contribution is 2.22. The number of anilines is 2. The van der Waals surface area contributed by atoms with E-state index in [0.29, 0.717) is 12.2 Å². The maximum atomic E-state index is 10.9. The Morgan fingerprint density at radius 2 is 2.19 bits per heavy atom. The summed E-state index contributed by atoms with van der Waals surface area (Å²) in [6, 6.07) is 3.36. The van der Waals surface area contributed by atoms with Gasteiger partial charge in [0.1, 0.15) is 0 Å². The van der Waals surface area contributed by atoms with Crippen LogP contribution in [0.1, 0.15) is 22.8 Å². The average Bonchev–Trinajstić information content (AvgIpc) is 2.19. The van der Waals surface area contributed by atoms with Crippen molar-refractivity contribution in [3.05, 3.63) is 35.4 Å². The largest absolute Gasteiger partial charge is 0.478 e. The molecule has 4 nitrogen and oxygen atoms in total. The van der Waals surface area contributed by atoms with E-state index in [-0.39, 0.29) is 5.56 Å². The van der Waals surface area contributed by atoms with E-state index >= 15 is 0 Å². The molecule has 0 aliphatic rings. The third-order valence-electron chi connectivity index (χ3n) is 2.21. The van der Waals surface area contributed by atoms with Crippen LogP contribution in [0.4, 0.5) is 11.4 Å². The van der Waals surface area contributed by atoms with Crippen LogP contribution in [-0.4, -0.2) is 17.6 Å². The Morgan fingerprint density at radius 3 is 2.69 bits per heavy atom. The fourth-order valence-electron chi connectivity index (χ4n) is 1.33. The van der Waals surface area contributed by atoms with Gasteiger partial charge in [0.05, 0.1) is 5.56 Å². The first-order valence-electron chi connectivity index (χ1n) is 4.93. The van der Waals surface area contributed by atoms with Gasteiger partial charge in [0.15, 0.2) is 0 Å². The summed E-state index contributed by atoms with van der Waals surface area (Å²) in [6.07, 6.45) is 0. The lowest BCUT2D eigenvalue weighted by molar-refractivity contribution is 0.0698. The van der Waals surface area contributed by atoms with Crippen LogP contribution in [0.15, 0.2) is 24.3 Å². The highest BCUT2D eigenvalue weighted by molar-refractivity contribution is 5.95. The molecule has 0 fully saturated rings. The second-order valence-corrected chi connectivity index (χ2v) is 3.87. The molecular weight excluding hydrogens is 204 g/mol. The summed E-state index contributed by atoms with van der Waals surface area (Å²) >= 11 is 0. The molecule has 4 N–H and O–H groups in total. The number of hydrogen-bond donors (Lipinski definition) is 3. The predicted octanol–water partition coefficient (Wildman–Crippen LogP) is 2.26. The van der Waals surface area contributed by atoms with Crippen molar-refractivity contribution >= 4 is 17.3 Å². The molecule has 0 radical (unpaired) electrons. The van der Waals surface area contributed by atoms with E-state index in [1.54, 1.807) is 6.92 Å². The molecule has 0 aliphatic carbocycles. The zero-order chi connectivity index (χ0) is 12.3. The summed E-state index contributed by atoms with van der Waals surface area (Å²) in [5.41, 5.74) is 8.60. The minimum absolute atomic E-state index is 0.129. The molecule has 0 bridgehead atoms. The molecule has 16 heavy (non-hydrogen) atoms. The van der Waals surface area contributed by atoms with Gasteiger partial charge in [-0.15, -0.1) is 0 Å². The van der Waals surface area contributed by atoms with Crippen molar-refractivity contribution < 1.29 is 9.90 Å². The monoisotopic (exact) mass is 220 g/mol. The Bertz CT molecular complexity index is 439. The molecule has 0 aromatic heterocycles. The summed E-state index contributed by atoms with van der Waals surface area (Å²) in [5.74, 6) is -1.01. The highest BCUT2D eigenvalue weighted by Gasteiger charge is 2.11. The molecule has 0 amide bonds. The molecule has 1 rings (SSSR count). The van der Waals surface area contributed by atoms with Gasteiger partial charge < -0.3 is 16.2 Å². The number of aromatic carboxylic acids is 1. The Balaban J connectivity index is 3.04. The lowest BCUT2D eigenvalue weighted by Gasteiger charge is -2.11. The number of carboxylic acid groups (broad SMARTS) is 1. The van der Waals surface area contributed by atoms with Crippen molar-refractivity contribution in [3.63, 3.8) is 0 Å². The number of nitrogens with one attached hydrogen (secondary N) is 1. The van der Waals surface area contributed by atoms with Gasteiger partial charge in [-0.3, -0.25) is 0 Å². The molecule has 4 heteroatoms. The number of hydrogen-bond acceptors (Lipinski definition) is 3. The second-order valence-electron chi connectivity index (χ2n) is 3.87. The van der Waals surface area contributed by atoms with Crippen LogP contribution in [0.25, 0.3) is 0 Å². The van der Waals surface area contributed by atoms with Gasteiger partial charge in [0.25, 0.3) is 0 Å². The van der Waals surface area contributed by atoms with Crippen molar-refractivity contribution in [2.45, 2.75) is 13.8 Å². The smallest absolute Gasteiger partial charge is 0.337 e. The third kappa shape index (κ3) is 2.76. The van der Waals surface area contributed by atoms with Crippen LogP contribution < -0.4 is 11.1 Å². The molecule has 0 spiro atoms. The van der Waals surface area contributed by atoms with E-state index < -0.39 is 5.97 Å². The number of carbonyl (C=O) groups is 1. The molecule has 1 aromatic carbocycles. The molecule has 1 aromatic rings. The van der Waals surface area contributed by atoms with Gasteiger partial charge in [-0.25, -0.2) is 4.79 Å². The van der Waals surface area contributed by atoms with E-state index in [1.165, 1.54) is 6.07 Å². The van der Waals surface area contributed by atoms with Crippen LogP contribution in [0.2, 0.25) is 0 Å². The fourth-order valence-corrected chi connectivity index (χ4v) is 1.33. The van der Waals surface area contributed by atoms with E-state index in [4.69, 9.17) is 10.8 Å². The standard InChI is InChI=1S/C12H16N2O2/c1-7(2)6-14-9-4-8(3)11(13)10(5-9)12(15)16/h4-5,14H,1,6,13H2,2-3H3,(H,15,16). The van der Waals surface area contributed by atoms with Gasteiger partial charge in [-0.2, -0.15) is 0 Å². The number of rotatable bonds is 4. The van der Waals surface area contributed by atoms with Crippen molar-refractivity contribution in [2.24, 2.45) is 0 Å². The zero-order valence-corrected chi connectivity index (χ0v) is 9.50. The molecule has 0 aliphatic heterocycles. The maximum absolute atomic E-state index is 10.9. The number of nitrogen functional groups attached to an aromatic ring is 1. The number of nitrogens with two attached hydrogens (primary N) is 1. The Kier molecular flexibility index (Phi) is 3.55. The molecule has 0 atom stereocenters. The summed E-state index contributed by atoms with van der Waals surface area (Å²) in [6.45, 7) is 8.06. The van der Waals surface area contributed by atoms with Crippen molar-refractivity contribution in [3.8, 4) is 0 Å². The first kappa shape index (κ1) is 12.1. The van der Waals surface area contributed by atoms with Crippen LogP contribution in [0, 0.1) is 6.92 Å². The van der Waals surface area contributed by atoms with E-state index in [2.05, 4.69) is 11.9 Å². The average molecular weight is 220 g/mol. The van der Waals surface area contributed by atoms with Gasteiger partial charge in [-0.05, 0) is 31.5 Å². The van der Waals surface area contributed by atoms with Crippen LogP contribution in [0.5, 0.6) is 0 Å². The van der Waals surface area contributed by atoms with E-state index in [9.17, 15) is 4.79 Å². The summed E-state index contributed by atoms with van der Waals surface area (Å²) in [5, 5.41) is 12.1. The van der Waals surface area contributed by atoms with Gasteiger partial charge in [-0.1, -0.05) is 12.2 Å². The molecule has 0 saturated carbocycles. The zero-order valence-electron chi connectivity index (χ0n) is 9.50. The normalized spacial score (nSPS) is 9.88.